The molecule has 0 saturated heterocycles. The first-order valence-electron chi connectivity index (χ1n) is 9.29. The van der Waals surface area contributed by atoms with Gasteiger partial charge in [0.25, 0.3) is 10.1 Å². The maximum atomic E-state index is 11.7. The Kier molecular flexibility index (Phi) is 5.96. The molecule has 3 aromatic carbocycles. The Labute approximate surface area is 173 Å². The molecule has 5 nitrogen and oxygen atoms in total. The third kappa shape index (κ3) is 4.78. The van der Waals surface area contributed by atoms with Crippen LogP contribution in [0.3, 0.4) is 0 Å². The van der Waals surface area contributed by atoms with E-state index in [9.17, 15) is 13.0 Å². The van der Waals surface area contributed by atoms with Crippen molar-refractivity contribution in [3.05, 3.63) is 89.5 Å². The van der Waals surface area contributed by atoms with Gasteiger partial charge in [0.05, 0.1) is 4.90 Å². The average molecular weight is 411 g/mol. The van der Waals surface area contributed by atoms with Crippen molar-refractivity contribution in [2.24, 2.45) is 0 Å². The van der Waals surface area contributed by atoms with Crippen LogP contribution in [0.2, 0.25) is 0 Å². The van der Waals surface area contributed by atoms with Crippen LogP contribution in [0.5, 0.6) is 0 Å². The zero-order valence-electron chi connectivity index (χ0n) is 17.1. The van der Waals surface area contributed by atoms with Gasteiger partial charge in [-0.25, -0.2) is 0 Å². The van der Waals surface area contributed by atoms with Gasteiger partial charge in [0.1, 0.15) is 0 Å². The molecule has 0 aromatic heterocycles. The zero-order chi connectivity index (χ0) is 21.2. The fourth-order valence-electron chi connectivity index (χ4n) is 3.36. The summed E-state index contributed by atoms with van der Waals surface area (Å²) in [6.45, 7) is 0. The van der Waals surface area contributed by atoms with Crippen molar-refractivity contribution in [3.8, 4) is 0 Å². The maximum Gasteiger partial charge on any atom is 0.294 e. The van der Waals surface area contributed by atoms with Gasteiger partial charge in [0, 0.05) is 45.5 Å². The lowest BCUT2D eigenvalue weighted by Crippen LogP contribution is -2.10. The quantitative estimate of drug-likeness (QED) is 0.486. The number of benzene rings is 3. The Bertz CT molecular complexity index is 1020. The second kappa shape index (κ2) is 8.27. The van der Waals surface area contributed by atoms with Crippen molar-refractivity contribution in [1.82, 2.24) is 0 Å². The van der Waals surface area contributed by atoms with E-state index in [0.29, 0.717) is 0 Å². The fraction of sp³-hybridized carbons (Fsp3) is 0.217. The van der Waals surface area contributed by atoms with E-state index in [4.69, 9.17) is 0 Å². The molecule has 0 fully saturated rings. The molecule has 0 aliphatic heterocycles. The SMILES string of the molecule is CN(C)c1ccc(C(c2ccc(N(C)C)cc2)c2cccc(S(=O)(=O)O)c2)cc1. The van der Waals surface area contributed by atoms with E-state index in [2.05, 4.69) is 24.3 Å². The highest BCUT2D eigenvalue weighted by molar-refractivity contribution is 7.85. The maximum absolute atomic E-state index is 11.7. The van der Waals surface area contributed by atoms with E-state index in [1.165, 1.54) is 6.07 Å². The average Bonchev–Trinajstić information content (AvgIpc) is 2.68. The number of rotatable bonds is 6. The van der Waals surface area contributed by atoms with Gasteiger partial charge in [-0.1, -0.05) is 36.4 Å². The molecule has 0 unspecified atom stereocenters. The molecule has 0 saturated carbocycles. The van der Waals surface area contributed by atoms with E-state index in [-0.39, 0.29) is 10.8 Å². The van der Waals surface area contributed by atoms with Crippen molar-refractivity contribution >= 4 is 21.5 Å². The van der Waals surface area contributed by atoms with Gasteiger partial charge in [0.2, 0.25) is 0 Å². The Morgan fingerprint density at radius 3 is 1.52 bits per heavy atom. The molecule has 0 aliphatic rings. The molecule has 152 valence electrons. The molecule has 0 bridgehead atoms. The minimum Gasteiger partial charge on any atom is -0.378 e. The van der Waals surface area contributed by atoms with Gasteiger partial charge >= 0.3 is 0 Å². The molecule has 1 N–H and O–H groups in total. The summed E-state index contributed by atoms with van der Waals surface area (Å²) < 4.78 is 32.8. The molecule has 0 atom stereocenters. The summed E-state index contributed by atoms with van der Waals surface area (Å²) in [5.41, 5.74) is 5.06. The van der Waals surface area contributed by atoms with Crippen molar-refractivity contribution < 1.29 is 13.0 Å². The van der Waals surface area contributed by atoms with Crippen molar-refractivity contribution in [2.45, 2.75) is 10.8 Å². The minimum atomic E-state index is -4.27. The first-order chi connectivity index (χ1) is 13.7. The summed E-state index contributed by atoms with van der Waals surface area (Å²) in [7, 11) is 3.68. The van der Waals surface area contributed by atoms with Crippen molar-refractivity contribution in [2.75, 3.05) is 38.0 Å². The highest BCUT2D eigenvalue weighted by atomic mass is 32.2. The standard InChI is InChI=1S/C23H26N2O3S/c1-24(2)20-12-8-17(9-13-20)23(18-10-14-21(15-11-18)25(3)4)19-6-5-7-22(16-19)29(26,27)28/h5-16,23H,1-4H3,(H,26,27,28). The highest BCUT2D eigenvalue weighted by Crippen LogP contribution is 2.34. The summed E-state index contributed by atoms with van der Waals surface area (Å²) in [6, 6.07) is 22.9. The lowest BCUT2D eigenvalue weighted by molar-refractivity contribution is 0.483. The van der Waals surface area contributed by atoms with E-state index in [1.807, 2.05) is 68.3 Å². The largest absolute Gasteiger partial charge is 0.378 e. The summed E-state index contributed by atoms with van der Waals surface area (Å²) in [6.07, 6.45) is 0. The van der Waals surface area contributed by atoms with Gasteiger partial charge in [-0.3, -0.25) is 4.55 Å². The third-order valence-corrected chi connectivity index (χ3v) is 5.82. The molecule has 0 radical (unpaired) electrons. The Morgan fingerprint density at radius 2 is 1.14 bits per heavy atom. The Hall–Kier alpha value is -2.83. The monoisotopic (exact) mass is 410 g/mol. The van der Waals surface area contributed by atoms with E-state index in [1.54, 1.807) is 12.1 Å². The second-order valence-electron chi connectivity index (χ2n) is 7.45. The smallest absolute Gasteiger partial charge is 0.294 e. The van der Waals surface area contributed by atoms with Gasteiger partial charge in [-0.2, -0.15) is 8.42 Å². The molecule has 0 aliphatic carbocycles. The topological polar surface area (TPSA) is 60.9 Å². The van der Waals surface area contributed by atoms with Crippen LogP contribution in [0, 0.1) is 0 Å². The van der Waals surface area contributed by atoms with Gasteiger partial charge in [0.15, 0.2) is 0 Å². The first-order valence-corrected chi connectivity index (χ1v) is 10.7. The van der Waals surface area contributed by atoms with Crippen LogP contribution >= 0.6 is 0 Å². The van der Waals surface area contributed by atoms with E-state index < -0.39 is 10.1 Å². The van der Waals surface area contributed by atoms with E-state index >= 15 is 0 Å². The number of nitrogens with zero attached hydrogens (tertiary/aromatic N) is 2. The van der Waals surface area contributed by atoms with Crippen molar-refractivity contribution in [3.63, 3.8) is 0 Å². The van der Waals surface area contributed by atoms with Gasteiger partial charge in [-0.15, -0.1) is 0 Å². The van der Waals surface area contributed by atoms with Gasteiger partial charge < -0.3 is 9.80 Å². The van der Waals surface area contributed by atoms with Crippen LogP contribution in [-0.2, 0) is 10.1 Å². The number of anilines is 2. The molecule has 3 rings (SSSR count). The predicted molar refractivity (Wildman–Crippen MR) is 119 cm³/mol. The van der Waals surface area contributed by atoms with Crippen LogP contribution < -0.4 is 9.80 Å². The lowest BCUT2D eigenvalue weighted by atomic mass is 9.85. The van der Waals surface area contributed by atoms with Crippen LogP contribution in [0.4, 0.5) is 11.4 Å². The molecule has 6 heteroatoms. The third-order valence-electron chi connectivity index (χ3n) is 4.97. The van der Waals surface area contributed by atoms with Gasteiger partial charge in [-0.05, 0) is 53.1 Å². The minimum absolute atomic E-state index is 0.102. The van der Waals surface area contributed by atoms with Crippen molar-refractivity contribution in [1.29, 1.82) is 0 Å². The molecule has 29 heavy (non-hydrogen) atoms. The summed E-state index contributed by atoms with van der Waals surface area (Å²) in [4.78, 5) is 3.96. The zero-order valence-corrected chi connectivity index (χ0v) is 17.9. The Morgan fingerprint density at radius 1 is 0.690 bits per heavy atom. The first kappa shape index (κ1) is 20.9. The highest BCUT2D eigenvalue weighted by Gasteiger charge is 2.20. The second-order valence-corrected chi connectivity index (χ2v) is 8.87. The number of hydrogen-bond donors (Lipinski definition) is 1. The summed E-state index contributed by atoms with van der Waals surface area (Å²) in [5, 5.41) is 0. The lowest BCUT2D eigenvalue weighted by Gasteiger charge is -2.22. The van der Waals surface area contributed by atoms with Crippen LogP contribution in [0.15, 0.2) is 77.7 Å². The molecular weight excluding hydrogens is 384 g/mol. The van der Waals surface area contributed by atoms with Crippen LogP contribution in [0.1, 0.15) is 22.6 Å². The summed E-state index contributed by atoms with van der Waals surface area (Å²) >= 11 is 0. The Balaban J connectivity index is 2.13. The molecule has 3 aromatic rings. The molecule has 0 amide bonds. The predicted octanol–water partition coefficient (Wildman–Crippen LogP) is 4.25. The van der Waals surface area contributed by atoms with Crippen LogP contribution in [-0.4, -0.2) is 41.2 Å². The molecule has 0 spiro atoms. The van der Waals surface area contributed by atoms with E-state index in [0.717, 1.165) is 28.1 Å². The normalized spacial score (nSPS) is 11.5. The molecule has 0 heterocycles. The fourth-order valence-corrected chi connectivity index (χ4v) is 3.90. The number of hydrogen-bond acceptors (Lipinski definition) is 4. The summed E-state index contributed by atoms with van der Waals surface area (Å²) in [5.74, 6) is -0.163. The van der Waals surface area contributed by atoms with Crippen LogP contribution in [0.25, 0.3) is 0 Å². The molecular formula is C23H26N2O3S.